The molecule has 0 radical (unpaired) electrons. The zero-order valence-electron chi connectivity index (χ0n) is 10.4. The van der Waals surface area contributed by atoms with Gasteiger partial charge in [0.2, 0.25) is 0 Å². The van der Waals surface area contributed by atoms with E-state index in [1.54, 1.807) is 18.1 Å². The van der Waals surface area contributed by atoms with Crippen LogP contribution in [-0.4, -0.2) is 42.3 Å². The van der Waals surface area contributed by atoms with Gasteiger partial charge in [0.25, 0.3) is 5.91 Å². The van der Waals surface area contributed by atoms with Crippen LogP contribution in [0.25, 0.3) is 5.70 Å². The van der Waals surface area contributed by atoms with Gasteiger partial charge in [-0.1, -0.05) is 24.8 Å². The summed E-state index contributed by atoms with van der Waals surface area (Å²) in [5, 5.41) is 9.09. The lowest BCUT2D eigenvalue weighted by atomic mass is 10.1. The Balaban J connectivity index is 2.31. The monoisotopic (exact) mass is 247 g/mol. The summed E-state index contributed by atoms with van der Waals surface area (Å²) in [4.78, 5) is 14.0. The van der Waals surface area contributed by atoms with Crippen LogP contribution in [0.5, 0.6) is 0 Å². The highest BCUT2D eigenvalue weighted by Crippen LogP contribution is 2.33. The Morgan fingerprint density at radius 3 is 2.61 bits per heavy atom. The topological polar surface area (TPSA) is 49.8 Å². The Morgan fingerprint density at radius 2 is 2.06 bits per heavy atom. The molecule has 0 saturated carbocycles. The Labute approximate surface area is 106 Å². The van der Waals surface area contributed by atoms with Crippen LogP contribution < -0.4 is 0 Å². The van der Waals surface area contributed by atoms with Crippen molar-refractivity contribution in [2.24, 2.45) is 0 Å². The number of hydrogen-bond acceptors (Lipinski definition) is 3. The lowest BCUT2D eigenvalue weighted by Crippen LogP contribution is -2.38. The fourth-order valence-corrected chi connectivity index (χ4v) is 2.32. The van der Waals surface area contributed by atoms with E-state index in [1.807, 2.05) is 18.2 Å². The third-order valence-electron chi connectivity index (χ3n) is 3.16. The molecule has 1 amide bonds. The van der Waals surface area contributed by atoms with E-state index in [2.05, 4.69) is 6.58 Å². The number of hydrogen-bond donors (Lipinski definition) is 1. The molecule has 1 unspecified atom stereocenters. The van der Waals surface area contributed by atoms with E-state index in [0.29, 0.717) is 24.3 Å². The first-order valence-corrected chi connectivity index (χ1v) is 5.92. The van der Waals surface area contributed by atoms with E-state index in [0.717, 1.165) is 5.56 Å². The highest BCUT2D eigenvalue weighted by atomic mass is 16.5. The summed E-state index contributed by atoms with van der Waals surface area (Å²) >= 11 is 0. The highest BCUT2D eigenvalue weighted by molar-refractivity contribution is 6.09. The SMILES string of the molecule is C=C1c2ccccc2C(=O)N1C(CCO)COC. The largest absolute Gasteiger partial charge is 0.396 e. The summed E-state index contributed by atoms with van der Waals surface area (Å²) in [6.07, 6.45) is 0.479. The fraction of sp³-hybridized carbons (Fsp3) is 0.357. The number of benzene rings is 1. The van der Waals surface area contributed by atoms with Crippen molar-refractivity contribution in [1.82, 2.24) is 4.90 Å². The molecule has 96 valence electrons. The van der Waals surface area contributed by atoms with Gasteiger partial charge in [0.1, 0.15) is 0 Å². The third-order valence-corrected chi connectivity index (χ3v) is 3.16. The van der Waals surface area contributed by atoms with Crippen LogP contribution in [0, 0.1) is 0 Å². The fourth-order valence-electron chi connectivity index (χ4n) is 2.32. The quantitative estimate of drug-likeness (QED) is 0.858. The van der Waals surface area contributed by atoms with Gasteiger partial charge in [-0.25, -0.2) is 0 Å². The molecule has 18 heavy (non-hydrogen) atoms. The van der Waals surface area contributed by atoms with E-state index in [1.165, 1.54) is 0 Å². The molecule has 4 heteroatoms. The molecule has 1 aromatic rings. The number of aliphatic hydroxyl groups is 1. The molecule has 0 bridgehead atoms. The van der Waals surface area contributed by atoms with Crippen LogP contribution in [0.2, 0.25) is 0 Å². The summed E-state index contributed by atoms with van der Waals surface area (Å²) in [5.74, 6) is -0.0638. The second kappa shape index (κ2) is 5.33. The standard InChI is InChI=1S/C14H17NO3/c1-10-12-5-3-4-6-13(12)14(17)15(10)11(7-8-16)9-18-2/h3-6,11,16H,1,7-9H2,2H3. The normalized spacial score (nSPS) is 16.0. The van der Waals surface area contributed by atoms with Crippen LogP contribution in [0.3, 0.4) is 0 Å². The minimum absolute atomic E-state index is 0.0153. The zero-order valence-corrected chi connectivity index (χ0v) is 10.4. The van der Waals surface area contributed by atoms with Crippen molar-refractivity contribution in [3.05, 3.63) is 42.0 Å². The molecule has 0 aromatic heterocycles. The van der Waals surface area contributed by atoms with E-state index in [-0.39, 0.29) is 18.6 Å². The molecule has 0 fully saturated rings. The summed E-state index contributed by atoms with van der Waals surface area (Å²) in [6.45, 7) is 4.38. The van der Waals surface area contributed by atoms with E-state index in [4.69, 9.17) is 9.84 Å². The third kappa shape index (κ3) is 2.05. The summed E-state index contributed by atoms with van der Waals surface area (Å²) in [7, 11) is 1.58. The molecule has 1 aliphatic rings. The number of rotatable bonds is 5. The summed E-state index contributed by atoms with van der Waals surface area (Å²) in [5.41, 5.74) is 2.22. The van der Waals surface area contributed by atoms with Crippen molar-refractivity contribution >= 4 is 11.6 Å². The van der Waals surface area contributed by atoms with Crippen molar-refractivity contribution in [2.75, 3.05) is 20.3 Å². The van der Waals surface area contributed by atoms with Gasteiger partial charge in [-0.3, -0.25) is 4.79 Å². The van der Waals surface area contributed by atoms with Crippen LogP contribution in [0.1, 0.15) is 22.3 Å². The van der Waals surface area contributed by atoms with Crippen molar-refractivity contribution in [3.8, 4) is 0 Å². The maximum absolute atomic E-state index is 12.3. The maximum Gasteiger partial charge on any atom is 0.259 e. The maximum atomic E-state index is 12.3. The molecule has 1 atom stereocenters. The number of ether oxygens (including phenoxy) is 1. The summed E-state index contributed by atoms with van der Waals surface area (Å²) in [6, 6.07) is 7.24. The Kier molecular flexibility index (Phi) is 3.79. The van der Waals surface area contributed by atoms with Crippen molar-refractivity contribution in [2.45, 2.75) is 12.5 Å². The average Bonchev–Trinajstić information content (AvgIpc) is 2.63. The predicted molar refractivity (Wildman–Crippen MR) is 69.0 cm³/mol. The molecular weight excluding hydrogens is 230 g/mol. The van der Waals surface area contributed by atoms with Gasteiger partial charge >= 0.3 is 0 Å². The first-order chi connectivity index (χ1) is 8.70. The number of nitrogens with zero attached hydrogens (tertiary/aromatic N) is 1. The molecule has 1 N–H and O–H groups in total. The number of aliphatic hydroxyl groups excluding tert-OH is 1. The van der Waals surface area contributed by atoms with Gasteiger partial charge in [0, 0.05) is 30.5 Å². The molecule has 0 spiro atoms. The average molecular weight is 247 g/mol. The van der Waals surface area contributed by atoms with E-state index in [9.17, 15) is 4.79 Å². The number of methoxy groups -OCH3 is 1. The molecule has 0 saturated heterocycles. The van der Waals surface area contributed by atoms with Crippen molar-refractivity contribution in [3.63, 3.8) is 0 Å². The smallest absolute Gasteiger partial charge is 0.259 e. The second-order valence-corrected chi connectivity index (χ2v) is 4.29. The Morgan fingerprint density at radius 1 is 1.39 bits per heavy atom. The van der Waals surface area contributed by atoms with Gasteiger partial charge in [-0.15, -0.1) is 0 Å². The zero-order chi connectivity index (χ0) is 13.1. The number of carbonyl (C=O) groups is 1. The van der Waals surface area contributed by atoms with E-state index < -0.39 is 0 Å². The molecule has 1 heterocycles. The predicted octanol–water partition coefficient (Wildman–Crippen LogP) is 1.51. The molecule has 4 nitrogen and oxygen atoms in total. The highest BCUT2D eigenvalue weighted by Gasteiger charge is 2.35. The lowest BCUT2D eigenvalue weighted by Gasteiger charge is -2.27. The van der Waals surface area contributed by atoms with Crippen LogP contribution in [0.15, 0.2) is 30.8 Å². The second-order valence-electron chi connectivity index (χ2n) is 4.29. The minimum Gasteiger partial charge on any atom is -0.396 e. The summed E-state index contributed by atoms with van der Waals surface area (Å²) < 4.78 is 5.12. The van der Waals surface area contributed by atoms with Crippen LogP contribution in [-0.2, 0) is 4.74 Å². The molecule has 2 rings (SSSR count). The molecule has 1 aliphatic heterocycles. The van der Waals surface area contributed by atoms with Gasteiger partial charge in [-0.05, 0) is 12.5 Å². The van der Waals surface area contributed by atoms with Crippen molar-refractivity contribution < 1.29 is 14.6 Å². The first-order valence-electron chi connectivity index (χ1n) is 5.92. The number of amides is 1. The number of fused-ring (bicyclic) bond motifs is 1. The molecule has 1 aromatic carbocycles. The number of carbonyl (C=O) groups excluding carboxylic acids is 1. The van der Waals surface area contributed by atoms with E-state index >= 15 is 0 Å². The van der Waals surface area contributed by atoms with Gasteiger partial charge in [0.05, 0.1) is 12.6 Å². The Bertz CT molecular complexity index is 429. The van der Waals surface area contributed by atoms with Crippen LogP contribution >= 0.6 is 0 Å². The molecule has 0 aliphatic carbocycles. The van der Waals surface area contributed by atoms with Crippen LogP contribution in [0.4, 0.5) is 0 Å². The van der Waals surface area contributed by atoms with Gasteiger partial charge in [0.15, 0.2) is 0 Å². The minimum atomic E-state index is -0.174. The van der Waals surface area contributed by atoms with Crippen molar-refractivity contribution in [1.29, 1.82) is 0 Å². The first kappa shape index (κ1) is 12.8. The molecular formula is C14H17NO3. The lowest BCUT2D eigenvalue weighted by molar-refractivity contribution is 0.0659. The Hall–Kier alpha value is -1.65. The van der Waals surface area contributed by atoms with Gasteiger partial charge in [-0.2, -0.15) is 0 Å². The van der Waals surface area contributed by atoms with Gasteiger partial charge < -0.3 is 14.7 Å².